The molecule has 0 saturated heterocycles. The van der Waals surface area contributed by atoms with Crippen LogP contribution in [-0.4, -0.2) is 19.0 Å². The zero-order valence-corrected chi connectivity index (χ0v) is 12.8. The summed E-state index contributed by atoms with van der Waals surface area (Å²) in [7, 11) is 1.25. The first-order valence-corrected chi connectivity index (χ1v) is 7.10. The Morgan fingerprint density at radius 3 is 2.50 bits per heavy atom. The number of hydrogen-bond acceptors (Lipinski definition) is 4. The summed E-state index contributed by atoms with van der Waals surface area (Å²) in [6.45, 7) is 0. The van der Waals surface area contributed by atoms with Crippen molar-refractivity contribution in [1.29, 1.82) is 0 Å². The summed E-state index contributed by atoms with van der Waals surface area (Å²) in [6.07, 6.45) is 0.786. The third kappa shape index (κ3) is 4.33. The van der Waals surface area contributed by atoms with Crippen molar-refractivity contribution < 1.29 is 19.1 Å². The maximum Gasteiger partial charge on any atom is 0.341 e. The third-order valence-electron chi connectivity index (χ3n) is 3.03. The van der Waals surface area contributed by atoms with E-state index in [1.807, 2.05) is 30.3 Å². The van der Waals surface area contributed by atoms with Crippen molar-refractivity contribution in [3.63, 3.8) is 0 Å². The van der Waals surface area contributed by atoms with Crippen LogP contribution in [0.2, 0.25) is 5.02 Å². The fourth-order valence-corrected chi connectivity index (χ4v) is 2.10. The van der Waals surface area contributed by atoms with E-state index in [2.05, 4.69) is 4.74 Å². The molecule has 0 saturated carbocycles. The molecular formula is C17H15ClO4. The molecule has 0 N–H and O–H groups in total. The number of carbonyl (C=O) groups excluding carboxylic acids is 2. The van der Waals surface area contributed by atoms with Gasteiger partial charge in [-0.3, -0.25) is 4.79 Å². The fraction of sp³-hybridized carbons (Fsp3) is 0.176. The Labute approximate surface area is 133 Å². The Hall–Kier alpha value is -2.33. The lowest BCUT2D eigenvalue weighted by molar-refractivity contribution is -0.134. The normalized spacial score (nSPS) is 10.1. The maximum atomic E-state index is 11.9. The van der Waals surface area contributed by atoms with Gasteiger partial charge in [-0.25, -0.2) is 4.79 Å². The molecule has 0 aromatic heterocycles. The summed E-state index contributed by atoms with van der Waals surface area (Å²) in [4.78, 5) is 23.6. The number of halogens is 1. The molecule has 0 unspecified atom stereocenters. The van der Waals surface area contributed by atoms with E-state index in [-0.39, 0.29) is 17.7 Å². The number of carbonyl (C=O) groups is 2. The lowest BCUT2D eigenvalue weighted by Gasteiger charge is -2.09. The highest BCUT2D eigenvalue weighted by Gasteiger charge is 2.16. The van der Waals surface area contributed by atoms with Crippen molar-refractivity contribution in [2.45, 2.75) is 12.8 Å². The Morgan fingerprint density at radius 2 is 1.82 bits per heavy atom. The van der Waals surface area contributed by atoms with E-state index in [9.17, 15) is 9.59 Å². The molecular weight excluding hydrogens is 304 g/mol. The molecule has 2 aromatic carbocycles. The first-order valence-electron chi connectivity index (χ1n) is 6.72. The molecule has 0 spiro atoms. The number of aryl methyl sites for hydroxylation is 1. The highest BCUT2D eigenvalue weighted by Crippen LogP contribution is 2.24. The van der Waals surface area contributed by atoms with Crippen molar-refractivity contribution >= 4 is 23.5 Å². The Morgan fingerprint density at radius 1 is 1.09 bits per heavy atom. The van der Waals surface area contributed by atoms with Gasteiger partial charge < -0.3 is 9.47 Å². The van der Waals surface area contributed by atoms with Crippen LogP contribution in [0, 0.1) is 0 Å². The van der Waals surface area contributed by atoms with Gasteiger partial charge in [-0.2, -0.15) is 0 Å². The van der Waals surface area contributed by atoms with Gasteiger partial charge in [0.1, 0.15) is 11.3 Å². The van der Waals surface area contributed by atoms with Crippen molar-refractivity contribution in [2.75, 3.05) is 7.11 Å². The number of ether oxygens (including phenoxy) is 2. The summed E-state index contributed by atoms with van der Waals surface area (Å²) in [6, 6.07) is 14.1. The second-order valence-electron chi connectivity index (χ2n) is 4.59. The van der Waals surface area contributed by atoms with E-state index < -0.39 is 11.9 Å². The van der Waals surface area contributed by atoms with Crippen LogP contribution in [0.3, 0.4) is 0 Å². The van der Waals surface area contributed by atoms with Crippen LogP contribution in [-0.2, 0) is 16.0 Å². The van der Waals surface area contributed by atoms with Gasteiger partial charge in [0.25, 0.3) is 0 Å². The van der Waals surface area contributed by atoms with E-state index >= 15 is 0 Å². The Balaban J connectivity index is 2.03. The van der Waals surface area contributed by atoms with Crippen LogP contribution >= 0.6 is 11.6 Å². The molecule has 0 aliphatic heterocycles. The molecule has 0 fully saturated rings. The predicted molar refractivity (Wildman–Crippen MR) is 83.2 cm³/mol. The van der Waals surface area contributed by atoms with Gasteiger partial charge in [0.15, 0.2) is 0 Å². The van der Waals surface area contributed by atoms with Crippen LogP contribution in [0.25, 0.3) is 0 Å². The highest BCUT2D eigenvalue weighted by molar-refractivity contribution is 6.31. The van der Waals surface area contributed by atoms with Gasteiger partial charge in [-0.15, -0.1) is 0 Å². The predicted octanol–water partition coefficient (Wildman–Crippen LogP) is 3.66. The summed E-state index contributed by atoms with van der Waals surface area (Å²) >= 11 is 5.85. The number of methoxy groups -OCH3 is 1. The summed E-state index contributed by atoms with van der Waals surface area (Å²) < 4.78 is 9.90. The molecule has 0 radical (unpaired) electrons. The molecule has 2 rings (SSSR count). The minimum absolute atomic E-state index is 0.128. The zero-order valence-electron chi connectivity index (χ0n) is 12.0. The summed E-state index contributed by atoms with van der Waals surface area (Å²) in [5.41, 5.74) is 1.17. The van der Waals surface area contributed by atoms with Crippen LogP contribution in [0.4, 0.5) is 0 Å². The average molecular weight is 319 g/mol. The molecule has 0 amide bonds. The standard InChI is InChI=1S/C17H15ClO4/c1-21-17(20)14-11-13(18)8-9-15(14)22-16(19)10-7-12-5-3-2-4-6-12/h2-6,8-9,11H,7,10H2,1H3. The number of rotatable bonds is 5. The lowest BCUT2D eigenvalue weighted by Crippen LogP contribution is -2.12. The number of benzene rings is 2. The second-order valence-corrected chi connectivity index (χ2v) is 5.03. The van der Waals surface area contributed by atoms with Crippen molar-refractivity contribution in [3.8, 4) is 5.75 Å². The molecule has 0 heterocycles. The van der Waals surface area contributed by atoms with E-state index in [1.165, 1.54) is 19.2 Å². The van der Waals surface area contributed by atoms with Gasteiger partial charge in [0.2, 0.25) is 0 Å². The minimum Gasteiger partial charge on any atom is -0.465 e. The van der Waals surface area contributed by atoms with Gasteiger partial charge >= 0.3 is 11.9 Å². The molecule has 22 heavy (non-hydrogen) atoms. The van der Waals surface area contributed by atoms with Gasteiger partial charge in [0, 0.05) is 11.4 Å². The largest absolute Gasteiger partial charge is 0.465 e. The van der Waals surface area contributed by atoms with E-state index in [0.29, 0.717) is 11.4 Å². The second kappa shape index (κ2) is 7.61. The molecule has 0 atom stereocenters. The summed E-state index contributed by atoms with van der Waals surface area (Å²) in [5.74, 6) is -0.876. The third-order valence-corrected chi connectivity index (χ3v) is 3.27. The number of esters is 2. The number of hydrogen-bond donors (Lipinski definition) is 0. The van der Waals surface area contributed by atoms with E-state index in [4.69, 9.17) is 16.3 Å². The smallest absolute Gasteiger partial charge is 0.341 e. The van der Waals surface area contributed by atoms with Crippen molar-refractivity contribution in [2.24, 2.45) is 0 Å². The highest BCUT2D eigenvalue weighted by atomic mass is 35.5. The van der Waals surface area contributed by atoms with Crippen molar-refractivity contribution in [3.05, 3.63) is 64.7 Å². The van der Waals surface area contributed by atoms with Gasteiger partial charge in [-0.1, -0.05) is 41.9 Å². The maximum absolute atomic E-state index is 11.9. The molecule has 0 bridgehead atoms. The Bertz CT molecular complexity index is 668. The first-order chi connectivity index (χ1) is 10.6. The van der Waals surface area contributed by atoms with Crippen LogP contribution < -0.4 is 4.74 Å². The monoisotopic (exact) mass is 318 g/mol. The first kappa shape index (κ1) is 16.0. The van der Waals surface area contributed by atoms with Crippen LogP contribution in [0.1, 0.15) is 22.3 Å². The molecule has 114 valence electrons. The minimum atomic E-state index is -0.603. The molecule has 5 heteroatoms. The summed E-state index contributed by atoms with van der Waals surface area (Å²) in [5, 5.41) is 0.365. The molecule has 0 aliphatic carbocycles. The van der Waals surface area contributed by atoms with Gasteiger partial charge in [0.05, 0.1) is 7.11 Å². The van der Waals surface area contributed by atoms with E-state index in [1.54, 1.807) is 6.07 Å². The quantitative estimate of drug-likeness (QED) is 0.623. The topological polar surface area (TPSA) is 52.6 Å². The van der Waals surface area contributed by atoms with Crippen molar-refractivity contribution in [1.82, 2.24) is 0 Å². The lowest BCUT2D eigenvalue weighted by atomic mass is 10.1. The van der Waals surface area contributed by atoms with Gasteiger partial charge in [-0.05, 0) is 30.2 Å². The molecule has 0 aliphatic rings. The van der Waals surface area contributed by atoms with Crippen LogP contribution in [0.15, 0.2) is 48.5 Å². The average Bonchev–Trinajstić information content (AvgIpc) is 2.55. The zero-order chi connectivity index (χ0) is 15.9. The molecule has 2 aromatic rings. The molecule has 4 nitrogen and oxygen atoms in total. The van der Waals surface area contributed by atoms with Crippen LogP contribution in [0.5, 0.6) is 5.75 Å². The fourth-order valence-electron chi connectivity index (χ4n) is 1.93. The van der Waals surface area contributed by atoms with E-state index in [0.717, 1.165) is 5.56 Å². The SMILES string of the molecule is COC(=O)c1cc(Cl)ccc1OC(=O)CCc1ccccc1. The Kier molecular flexibility index (Phi) is 5.55.